The van der Waals surface area contributed by atoms with Crippen LogP contribution in [0.15, 0.2) is 62.8 Å². The highest BCUT2D eigenvalue weighted by molar-refractivity contribution is 6.30. The van der Waals surface area contributed by atoms with E-state index in [1.165, 1.54) is 0 Å². The number of para-hydroxylation sites is 2. The number of aromatic nitrogens is 4. The zero-order valence-electron chi connectivity index (χ0n) is 14.1. The van der Waals surface area contributed by atoms with E-state index < -0.39 is 5.56 Å². The number of aromatic amines is 1. The minimum absolute atomic E-state index is 0.0683. The Bertz CT molecular complexity index is 1200. The summed E-state index contributed by atoms with van der Waals surface area (Å²) in [5.74, 6) is 0.434. The maximum Gasteiger partial charge on any atom is 0.276 e. The first kappa shape index (κ1) is 16.9. The predicted molar refractivity (Wildman–Crippen MR) is 102 cm³/mol. The minimum atomic E-state index is -0.416. The summed E-state index contributed by atoms with van der Waals surface area (Å²) in [6, 6.07) is 14.1. The van der Waals surface area contributed by atoms with Crippen molar-refractivity contribution in [3.63, 3.8) is 0 Å². The van der Waals surface area contributed by atoms with E-state index >= 15 is 0 Å². The number of nitrogens with zero attached hydrogens (tertiary/aromatic N) is 4. The Morgan fingerprint density at radius 1 is 1.15 bits per heavy atom. The summed E-state index contributed by atoms with van der Waals surface area (Å²) < 4.78 is 5.47. The van der Waals surface area contributed by atoms with E-state index in [2.05, 4.69) is 30.7 Å². The van der Waals surface area contributed by atoms with Crippen LogP contribution < -0.4 is 11.0 Å². The number of aryl methyl sites for hydroxylation is 1. The number of fused-ring (bicyclic) bond motifs is 1. The van der Waals surface area contributed by atoms with Gasteiger partial charge in [0, 0.05) is 11.9 Å². The molecular formula is C18H13ClN6O2. The predicted octanol–water partition coefficient (Wildman–Crippen LogP) is 3.13. The second-order valence-corrected chi connectivity index (χ2v) is 6.07. The van der Waals surface area contributed by atoms with Crippen LogP contribution in [0.2, 0.25) is 5.02 Å². The van der Waals surface area contributed by atoms with Crippen LogP contribution in [0.25, 0.3) is 11.0 Å². The number of anilines is 1. The van der Waals surface area contributed by atoms with Crippen LogP contribution >= 0.6 is 11.6 Å². The van der Waals surface area contributed by atoms with Gasteiger partial charge < -0.3 is 9.40 Å². The molecule has 4 aromatic rings. The molecule has 0 radical (unpaired) electrons. The summed E-state index contributed by atoms with van der Waals surface area (Å²) in [7, 11) is 0. The quantitative estimate of drug-likeness (QED) is 0.416. The normalized spacial score (nSPS) is 11.7. The highest BCUT2D eigenvalue weighted by Crippen LogP contribution is 2.15. The number of hydrogen-bond acceptors (Lipinski definition) is 7. The molecule has 134 valence electrons. The fourth-order valence-corrected chi connectivity index (χ4v) is 2.56. The van der Waals surface area contributed by atoms with Gasteiger partial charge in [-0.25, -0.2) is 4.98 Å². The van der Waals surface area contributed by atoms with Crippen molar-refractivity contribution in [3.8, 4) is 0 Å². The Balaban J connectivity index is 1.83. The largest absolute Gasteiger partial charge is 0.419 e. The van der Waals surface area contributed by atoms with Gasteiger partial charge in [0.25, 0.3) is 11.4 Å². The van der Waals surface area contributed by atoms with Crippen LogP contribution in [0, 0.1) is 6.92 Å². The monoisotopic (exact) mass is 380 g/mol. The molecule has 0 saturated heterocycles. The number of rotatable bonds is 4. The average Bonchev–Trinajstić information content (AvgIpc) is 3.10. The number of H-pyrrole nitrogens is 1. The first-order valence-electron chi connectivity index (χ1n) is 7.99. The lowest BCUT2D eigenvalue weighted by molar-refractivity contribution is 0.510. The van der Waals surface area contributed by atoms with Crippen LogP contribution in [0.4, 0.5) is 5.69 Å². The molecular weight excluding hydrogens is 368 g/mol. The summed E-state index contributed by atoms with van der Waals surface area (Å²) in [4.78, 5) is 19.8. The SMILES string of the molecule is Cc1nnc(/C(=N\Nc2ccc(Cl)cc2)c2nc3ccccc3[nH]c2=O)o1. The lowest BCUT2D eigenvalue weighted by Crippen LogP contribution is -2.22. The summed E-state index contributed by atoms with van der Waals surface area (Å²) in [6.45, 7) is 1.65. The number of benzene rings is 2. The minimum Gasteiger partial charge on any atom is -0.419 e. The van der Waals surface area contributed by atoms with Gasteiger partial charge in [0.05, 0.1) is 16.7 Å². The van der Waals surface area contributed by atoms with E-state index in [1.807, 2.05) is 12.1 Å². The van der Waals surface area contributed by atoms with E-state index in [-0.39, 0.29) is 17.3 Å². The van der Waals surface area contributed by atoms with E-state index in [4.69, 9.17) is 16.0 Å². The molecule has 0 unspecified atom stereocenters. The summed E-state index contributed by atoms with van der Waals surface area (Å²) in [5.41, 5.74) is 4.56. The second-order valence-electron chi connectivity index (χ2n) is 5.64. The van der Waals surface area contributed by atoms with Gasteiger partial charge in [-0.05, 0) is 36.4 Å². The van der Waals surface area contributed by atoms with Crippen molar-refractivity contribution in [2.75, 3.05) is 5.43 Å². The molecule has 0 aliphatic heterocycles. The summed E-state index contributed by atoms with van der Waals surface area (Å²) in [6.07, 6.45) is 0. The van der Waals surface area contributed by atoms with E-state index in [0.717, 1.165) is 0 Å². The van der Waals surface area contributed by atoms with Gasteiger partial charge in [0.2, 0.25) is 5.89 Å². The third-order valence-corrected chi connectivity index (χ3v) is 3.95. The van der Waals surface area contributed by atoms with Gasteiger partial charge in [0.1, 0.15) is 0 Å². The molecule has 2 N–H and O–H groups in total. The fourth-order valence-electron chi connectivity index (χ4n) is 2.43. The molecule has 9 heteroatoms. The molecule has 2 aromatic carbocycles. The lowest BCUT2D eigenvalue weighted by Gasteiger charge is -2.05. The average molecular weight is 381 g/mol. The first-order chi connectivity index (χ1) is 13.1. The van der Waals surface area contributed by atoms with Gasteiger partial charge >= 0.3 is 0 Å². The van der Waals surface area contributed by atoms with Gasteiger partial charge in [-0.15, -0.1) is 10.2 Å². The van der Waals surface area contributed by atoms with Crippen molar-refractivity contribution in [1.82, 2.24) is 20.2 Å². The lowest BCUT2D eigenvalue weighted by atomic mass is 10.2. The Morgan fingerprint density at radius 2 is 1.93 bits per heavy atom. The van der Waals surface area contributed by atoms with E-state index in [1.54, 1.807) is 43.3 Å². The zero-order chi connectivity index (χ0) is 18.8. The molecule has 0 bridgehead atoms. The first-order valence-corrected chi connectivity index (χ1v) is 8.37. The summed E-state index contributed by atoms with van der Waals surface area (Å²) in [5, 5.41) is 12.7. The molecule has 0 aliphatic carbocycles. The Kier molecular flexibility index (Phi) is 4.39. The molecule has 4 rings (SSSR count). The highest BCUT2D eigenvalue weighted by atomic mass is 35.5. The van der Waals surface area contributed by atoms with Crippen molar-refractivity contribution < 1.29 is 4.42 Å². The van der Waals surface area contributed by atoms with Crippen LogP contribution in [0.1, 0.15) is 17.5 Å². The summed E-state index contributed by atoms with van der Waals surface area (Å²) >= 11 is 5.89. The van der Waals surface area contributed by atoms with Crippen molar-refractivity contribution in [2.24, 2.45) is 5.10 Å². The Labute approximate surface area is 157 Å². The molecule has 0 spiro atoms. The van der Waals surface area contributed by atoms with Crippen molar-refractivity contribution >= 4 is 34.0 Å². The Morgan fingerprint density at radius 3 is 2.67 bits per heavy atom. The maximum absolute atomic E-state index is 12.6. The van der Waals surface area contributed by atoms with E-state index in [9.17, 15) is 4.79 Å². The van der Waals surface area contributed by atoms with Gasteiger partial charge in [-0.3, -0.25) is 10.2 Å². The van der Waals surface area contributed by atoms with Crippen LogP contribution in [0.3, 0.4) is 0 Å². The third-order valence-electron chi connectivity index (χ3n) is 3.69. The van der Waals surface area contributed by atoms with Crippen molar-refractivity contribution in [3.05, 3.63) is 81.4 Å². The topological polar surface area (TPSA) is 109 Å². The molecule has 0 saturated carbocycles. The van der Waals surface area contributed by atoms with Crippen molar-refractivity contribution in [1.29, 1.82) is 0 Å². The maximum atomic E-state index is 12.6. The van der Waals surface area contributed by atoms with Gasteiger partial charge in [-0.1, -0.05) is 23.7 Å². The van der Waals surface area contributed by atoms with E-state index in [0.29, 0.717) is 27.6 Å². The van der Waals surface area contributed by atoms with Crippen LogP contribution in [-0.4, -0.2) is 25.9 Å². The third kappa shape index (κ3) is 3.56. The number of hydrogen-bond donors (Lipinski definition) is 2. The molecule has 27 heavy (non-hydrogen) atoms. The molecule has 0 amide bonds. The molecule has 0 atom stereocenters. The molecule has 2 heterocycles. The van der Waals surface area contributed by atoms with Gasteiger partial charge in [-0.2, -0.15) is 5.10 Å². The molecule has 8 nitrogen and oxygen atoms in total. The van der Waals surface area contributed by atoms with Crippen LogP contribution in [0.5, 0.6) is 0 Å². The standard InChI is InChI=1S/C18H13ClN6O2/c1-10-22-25-18(27-10)16(24-23-12-8-6-11(19)7-9-12)15-17(26)21-14-5-3-2-4-13(14)20-15/h2-9,23H,1H3,(H,21,26)/b24-16-. The number of hydrazone groups is 1. The van der Waals surface area contributed by atoms with Crippen molar-refractivity contribution in [2.45, 2.75) is 6.92 Å². The molecule has 2 aromatic heterocycles. The zero-order valence-corrected chi connectivity index (χ0v) is 14.9. The van der Waals surface area contributed by atoms with Crippen LogP contribution in [-0.2, 0) is 0 Å². The highest BCUT2D eigenvalue weighted by Gasteiger charge is 2.20. The Hall–Kier alpha value is -3.52. The van der Waals surface area contributed by atoms with Gasteiger partial charge in [0.15, 0.2) is 11.4 Å². The number of halogens is 1. The second kappa shape index (κ2) is 7.00. The molecule has 0 aliphatic rings. The smallest absolute Gasteiger partial charge is 0.276 e. The molecule has 0 fully saturated rings. The number of nitrogens with one attached hydrogen (secondary N) is 2. The fraction of sp³-hybridized carbons (Fsp3) is 0.0556.